The zero-order chi connectivity index (χ0) is 98.1. The third-order valence-electron chi connectivity index (χ3n) is 23.2. The molecule has 41 heteroatoms. The van der Waals surface area contributed by atoms with Crippen molar-refractivity contribution in [1.82, 2.24) is 9.80 Å². The average Bonchev–Trinajstić information content (AvgIpc) is 1.50. The van der Waals surface area contributed by atoms with Crippen molar-refractivity contribution in [3.8, 4) is 0 Å². The number of carboxylic acids is 2. The normalized spacial score (nSPS) is 15.4. The molecule has 682 valence electrons. The molecule has 0 radical (unpaired) electrons. The van der Waals surface area contributed by atoms with Crippen LogP contribution in [-0.4, -0.2) is 136 Å². The first-order valence-electron chi connectivity index (χ1n) is 38.2. The number of carboxylic acid groups (broad SMARTS) is 2. The number of carbonyl (C=O) groups is 14. The van der Waals surface area contributed by atoms with E-state index in [0.717, 1.165) is 163 Å². The number of carbonyl (C=O) groups excluding carboxylic acids is 12. The van der Waals surface area contributed by atoms with E-state index in [-0.39, 0.29) is 128 Å². The van der Waals surface area contributed by atoms with E-state index in [4.69, 9.17) is 28.0 Å². The van der Waals surface area contributed by atoms with E-state index in [0.29, 0.717) is 33.5 Å². The summed E-state index contributed by atoms with van der Waals surface area (Å²) in [6.07, 6.45) is -23.9. The second kappa shape index (κ2) is 33.3. The Morgan fingerprint density at radius 1 is 0.303 bits per heavy atom. The van der Waals surface area contributed by atoms with E-state index in [9.17, 15) is 138 Å². The number of halogens is 15. The van der Waals surface area contributed by atoms with E-state index in [2.05, 4.69) is 9.47 Å². The minimum atomic E-state index is -4.98. The third kappa shape index (κ3) is 16.5. The quantitative estimate of drug-likeness (QED) is 0.0243. The molecule has 26 nitrogen and oxygen atoms in total. The first-order valence-corrected chi connectivity index (χ1v) is 38.2. The number of nitrogens with zero attached hydrogens (tertiary/aromatic N) is 4. The van der Waals surface area contributed by atoms with Gasteiger partial charge in [-0.1, -0.05) is 36.4 Å². The molecule has 0 fully saturated rings. The number of nitrogens with two attached hydrogens (primary N) is 4. The van der Waals surface area contributed by atoms with Crippen LogP contribution in [0.2, 0.25) is 0 Å². The van der Waals surface area contributed by atoms with Gasteiger partial charge in [-0.25, -0.2) is 38.6 Å². The standard InChI is InChI=1S/C29H20F6N2O4.C28H19F3N2O6.C19H9F3O6.C8H9F3N2.C7H8N2O2/c1-13-9-17(28(30,31)32)12-22(14(13)2)37-25(40)19-8-6-16(11-21(19)26(37)41)27(3,29(33,34)35)15-5-7-18-20(10-15)24(39)36(4)23(18)38;1-13-8-14(26(38)39)10-17(9-13)33-24(36)19-7-5-16(12-21(19)25(33)37)27(2,28(29,30)31)15-4-6-18-20(11-15)23(35)32(3)22(18)34;1-18(19(20,21)22,8-2-4-10-12(6-8)16(25)27-14(10)23)9-3-5-11-13(7-9)17(26)28-15(11)24;1-4-6(12)2-5(3-7(4)13)8(9,10)11;8-5-1-4(7(10)11)2-6(9)3-5/h5-12H,1-4H3;4-12H,1-3H3,(H,38,39);2-7H,1H3;2-3H,12-13H2,1H3;1-3H,8-9H2,(H,10,11). The summed E-state index contributed by atoms with van der Waals surface area (Å²) in [7, 11) is 2.44. The molecule has 8 amide bonds. The van der Waals surface area contributed by atoms with Crippen LogP contribution in [0, 0.1) is 27.7 Å². The number of ether oxygens (including phenoxy) is 2. The summed E-state index contributed by atoms with van der Waals surface area (Å²) in [5, 5.41) is 17.9. The molecule has 10 aromatic rings. The summed E-state index contributed by atoms with van der Waals surface area (Å²) in [6.45, 7) is 8.56. The number of fused-ring (bicyclic) bond motifs is 6. The minimum absolute atomic E-state index is 0.0139. The van der Waals surface area contributed by atoms with Crippen LogP contribution in [0.1, 0.15) is 233 Å². The number of aromatic carboxylic acids is 2. The molecular weight excluding hydrogens is 1780 g/mol. The summed E-state index contributed by atoms with van der Waals surface area (Å²) in [6, 6.07) is 30.3. The van der Waals surface area contributed by atoms with Crippen molar-refractivity contribution >= 4 is 117 Å². The number of imide groups is 4. The monoisotopic (exact) mass is 1840 g/mol. The molecule has 132 heavy (non-hydrogen) atoms. The zero-order valence-corrected chi connectivity index (χ0v) is 69.4. The lowest BCUT2D eigenvalue weighted by Crippen LogP contribution is -2.41. The molecule has 6 aliphatic rings. The van der Waals surface area contributed by atoms with Gasteiger partial charge < -0.3 is 42.6 Å². The SMILES string of the molecule is CC(c1ccc2c(c1)C(=O)OC2=O)(c1ccc2c(c1)C(=O)OC2=O)C(F)(F)F.Cc1c(N)cc(C(F)(F)F)cc1N.Cc1cc(C(=O)O)cc(N2C(=O)c3ccc(C(C)(c4ccc5c(c4)C(=O)N(C)C5=O)C(F)(F)F)cc3C2=O)c1.Cc1cc(C(F)(F)F)cc(N2C(=O)c3ccc(C(C)(c4ccc5c(c4)C(=O)N(C)C5=O)C(F)(F)F)cc3C2=O)c1C.Nc1cc(N)cc(C(=O)O)c1. The topological polar surface area (TPSA) is 415 Å². The Balaban J connectivity index is 0.000000160. The molecular formula is C91H65F15N8O18. The number of nitrogen functional groups attached to an aromatic ring is 4. The van der Waals surface area contributed by atoms with Crippen LogP contribution < -0.4 is 32.7 Å². The van der Waals surface area contributed by atoms with Crippen LogP contribution in [-0.2, 0) is 38.1 Å². The number of amides is 8. The Kier molecular flexibility index (Phi) is 24.0. The first-order chi connectivity index (χ1) is 61.0. The number of hydrogen-bond acceptors (Lipinski definition) is 20. The predicted molar refractivity (Wildman–Crippen MR) is 437 cm³/mol. The van der Waals surface area contributed by atoms with Gasteiger partial charge in [0.1, 0.15) is 16.2 Å². The van der Waals surface area contributed by atoms with Crippen molar-refractivity contribution in [2.24, 2.45) is 0 Å². The highest BCUT2D eigenvalue weighted by molar-refractivity contribution is 6.36. The van der Waals surface area contributed by atoms with Crippen LogP contribution in [0.25, 0.3) is 0 Å². The third-order valence-corrected chi connectivity index (χ3v) is 23.2. The molecule has 0 aromatic heterocycles. The second-order valence-corrected chi connectivity index (χ2v) is 31.3. The summed E-state index contributed by atoms with van der Waals surface area (Å²) in [5.74, 6) is -12.8. The van der Waals surface area contributed by atoms with Crippen molar-refractivity contribution < 1.29 is 153 Å². The number of rotatable bonds is 10. The van der Waals surface area contributed by atoms with Gasteiger partial charge in [-0.05, 0) is 238 Å². The molecule has 0 aliphatic carbocycles. The van der Waals surface area contributed by atoms with Gasteiger partial charge in [0.15, 0.2) is 0 Å². The molecule has 6 heterocycles. The average molecular weight is 1840 g/mol. The number of alkyl halides is 15. The Bertz CT molecular complexity index is 6680. The van der Waals surface area contributed by atoms with Gasteiger partial charge in [0, 0.05) is 36.8 Å². The fourth-order valence-corrected chi connectivity index (χ4v) is 15.2. The number of cyclic esters (lactones) is 4. The molecule has 16 rings (SSSR count). The number of hydrogen-bond donors (Lipinski definition) is 6. The molecule has 0 bridgehead atoms. The van der Waals surface area contributed by atoms with E-state index in [1.807, 2.05) is 0 Å². The van der Waals surface area contributed by atoms with Crippen molar-refractivity contribution in [1.29, 1.82) is 0 Å². The lowest BCUT2D eigenvalue weighted by Gasteiger charge is -2.33. The Hall–Kier alpha value is -15.9. The van der Waals surface area contributed by atoms with Crippen molar-refractivity contribution in [3.63, 3.8) is 0 Å². The van der Waals surface area contributed by atoms with Crippen molar-refractivity contribution in [2.45, 2.75) is 95.6 Å². The van der Waals surface area contributed by atoms with Crippen LogP contribution in [0.15, 0.2) is 170 Å². The smallest absolute Gasteiger partial charge is 0.416 e. The molecule has 0 spiro atoms. The second-order valence-electron chi connectivity index (χ2n) is 31.3. The number of esters is 4. The van der Waals surface area contributed by atoms with Crippen LogP contribution >= 0.6 is 0 Å². The first kappa shape index (κ1) is 95.2. The van der Waals surface area contributed by atoms with E-state index >= 15 is 0 Å². The maximum absolute atomic E-state index is 14.8. The maximum atomic E-state index is 14.8. The predicted octanol–water partition coefficient (Wildman–Crippen LogP) is 16.7. The molecule has 0 saturated carbocycles. The molecule has 2 atom stereocenters. The fourth-order valence-electron chi connectivity index (χ4n) is 15.2. The van der Waals surface area contributed by atoms with Gasteiger partial charge in [0.25, 0.3) is 47.3 Å². The summed E-state index contributed by atoms with van der Waals surface area (Å²) < 4.78 is 217. The largest absolute Gasteiger partial charge is 0.478 e. The Labute approximate surface area is 733 Å². The number of aryl methyl sites for hydroxylation is 2. The summed E-state index contributed by atoms with van der Waals surface area (Å²) in [5.41, 5.74) is 8.56. The molecule has 10 aromatic carbocycles. The lowest BCUT2D eigenvalue weighted by molar-refractivity contribution is -0.173. The Morgan fingerprint density at radius 3 is 0.924 bits per heavy atom. The van der Waals surface area contributed by atoms with Gasteiger partial charge >= 0.3 is 66.7 Å². The van der Waals surface area contributed by atoms with E-state index in [1.54, 1.807) is 13.8 Å². The van der Waals surface area contributed by atoms with Gasteiger partial charge in [0.05, 0.1) is 100 Å². The summed E-state index contributed by atoms with van der Waals surface area (Å²) >= 11 is 0. The van der Waals surface area contributed by atoms with Crippen LogP contribution in [0.4, 0.5) is 100.0 Å². The lowest BCUT2D eigenvalue weighted by atomic mass is 9.74. The highest BCUT2D eigenvalue weighted by atomic mass is 19.4. The van der Waals surface area contributed by atoms with E-state index < -0.39 is 158 Å². The van der Waals surface area contributed by atoms with Gasteiger partial charge in [-0.15, -0.1) is 0 Å². The van der Waals surface area contributed by atoms with Gasteiger partial charge in [-0.2, -0.15) is 65.9 Å². The minimum Gasteiger partial charge on any atom is -0.478 e. The molecule has 6 aliphatic heterocycles. The fraction of sp³-hybridized carbons (Fsp3) is 0.187. The van der Waals surface area contributed by atoms with Crippen LogP contribution in [0.3, 0.4) is 0 Å². The van der Waals surface area contributed by atoms with Crippen molar-refractivity contribution in [2.75, 3.05) is 46.8 Å². The highest BCUT2D eigenvalue weighted by Crippen LogP contribution is 2.53. The Morgan fingerprint density at radius 2 is 0.583 bits per heavy atom. The maximum Gasteiger partial charge on any atom is 0.416 e. The molecule has 2 unspecified atom stereocenters. The summed E-state index contributed by atoms with van der Waals surface area (Å²) in [4.78, 5) is 174. The van der Waals surface area contributed by atoms with Crippen LogP contribution in [0.5, 0.6) is 0 Å². The molecule has 0 saturated heterocycles. The number of anilines is 6. The molecule has 10 N–H and O–H groups in total. The highest BCUT2D eigenvalue weighted by Gasteiger charge is 2.59. The van der Waals surface area contributed by atoms with Crippen molar-refractivity contribution in [3.05, 3.63) is 315 Å². The van der Waals surface area contributed by atoms with E-state index in [1.165, 1.54) is 64.3 Å². The van der Waals surface area contributed by atoms with Gasteiger partial charge in [0.2, 0.25) is 0 Å². The zero-order valence-electron chi connectivity index (χ0n) is 69.4. The van der Waals surface area contributed by atoms with Gasteiger partial charge in [-0.3, -0.25) is 48.2 Å². The number of benzene rings is 10.